The SMILES string of the molecule is CCC(NC(C)=O)C(=O)N[C@@H](CC(=O)O)C(=O)N[C@@H](CC1CCCCC1)C(=O)N[C@@H](Cc1ccccc1)C(=O)N[C@H](CO)C(=O)N[C@H](CCCN=C(N)N)C(=O)N[C@@H](Cc1ccc(O)cc1)C(=O)N[C@@H](CC(C)C)C(=O)N[C@@H](CC1=CCc2ccccc21)C(=O)N[C@@H](CO)C(C)=O. The van der Waals surface area contributed by atoms with E-state index in [4.69, 9.17) is 11.5 Å². The standard InChI is InChI=1S/C68H95N13O16/c1-6-48(72-40(5)85)59(89)79-55(35-58(87)88)66(96)77-51(31-41-16-9-7-10-17-41)63(93)76-52(32-42-18-11-8-12-19-42)64(94)81-57(37-83)67(97)73-49(22-15-29-71-68(69)70)60(90)75-53(33-43-23-27-46(86)28-24-43)62(92)74-50(30-38(2)3)61(91)78-54(65(95)80-56(36-82)39(4)84)34-45-26-25-44-20-13-14-21-47(44)45/h8,11-14,18-21,23-24,26-28,38,41,48-57,82-83,86H,6-7,9-10,15-17,22,25,29-37H2,1-5H3,(H,72,85)(H,73,97)(H,74,92)(H,75,90)(H,76,93)(H,77,96)(H,78,91)(H,79,89)(H,80,95)(H,81,94)(H,87,88)(H4,69,70,71)/t48?,49-,50+,51+,52+,53+,54+,55+,56+,57-/m1/s1. The summed E-state index contributed by atoms with van der Waals surface area (Å²) in [5, 5.41) is 66.6. The zero-order valence-corrected chi connectivity index (χ0v) is 55.5. The van der Waals surface area contributed by atoms with Crippen LogP contribution in [0.5, 0.6) is 5.75 Å². The second-order valence-electron chi connectivity index (χ2n) is 25.0. The van der Waals surface area contributed by atoms with Crippen LogP contribution < -0.4 is 64.6 Å². The van der Waals surface area contributed by atoms with Crippen LogP contribution in [0.4, 0.5) is 0 Å². The minimum Gasteiger partial charge on any atom is -0.508 e. The molecule has 0 saturated heterocycles. The Hall–Kier alpha value is -9.77. The number of aliphatic imine (C=N–C) groups is 1. The zero-order chi connectivity index (χ0) is 71.3. The minimum atomic E-state index is -1.83. The lowest BCUT2D eigenvalue weighted by atomic mass is 9.84. The van der Waals surface area contributed by atoms with Gasteiger partial charge in [0.25, 0.3) is 0 Å². The summed E-state index contributed by atoms with van der Waals surface area (Å²) in [6.07, 6.45) is 4.96. The summed E-state index contributed by atoms with van der Waals surface area (Å²) < 4.78 is 0. The Morgan fingerprint density at radius 3 is 1.55 bits per heavy atom. The number of carboxylic acids is 1. The molecular formula is C68H95N13O16. The molecule has 18 N–H and O–H groups in total. The van der Waals surface area contributed by atoms with E-state index < -0.39 is 151 Å². The Balaban J connectivity index is 1.42. The Bertz CT molecular complexity index is 3280. The number of rotatable bonds is 39. The third kappa shape index (κ3) is 26.1. The maximum atomic E-state index is 14.8. The van der Waals surface area contributed by atoms with Gasteiger partial charge in [0, 0.05) is 32.7 Å². The molecule has 528 valence electrons. The van der Waals surface area contributed by atoms with Crippen molar-refractivity contribution in [2.45, 2.75) is 191 Å². The van der Waals surface area contributed by atoms with Gasteiger partial charge in [0.15, 0.2) is 11.7 Å². The van der Waals surface area contributed by atoms with E-state index >= 15 is 0 Å². The predicted molar refractivity (Wildman–Crippen MR) is 358 cm³/mol. The first-order valence-electron chi connectivity index (χ1n) is 32.8. The number of carboxylic acid groups (broad SMARTS) is 1. The summed E-state index contributed by atoms with van der Waals surface area (Å²) in [6.45, 7) is 5.70. The summed E-state index contributed by atoms with van der Waals surface area (Å²) in [4.78, 5) is 169. The number of carbonyl (C=O) groups is 12. The number of nitrogens with two attached hydrogens (primary N) is 2. The fourth-order valence-corrected chi connectivity index (χ4v) is 11.5. The Labute approximate surface area is 563 Å². The third-order valence-electron chi connectivity index (χ3n) is 16.7. The van der Waals surface area contributed by atoms with E-state index in [-0.39, 0.29) is 81.5 Å². The number of ketones is 1. The molecule has 5 rings (SSSR count). The summed E-state index contributed by atoms with van der Waals surface area (Å²) in [5.74, 6) is -11.7. The van der Waals surface area contributed by atoms with Crippen LogP contribution in [0.15, 0.2) is 89.9 Å². The summed E-state index contributed by atoms with van der Waals surface area (Å²) >= 11 is 0. The number of aliphatic hydroxyl groups is 2. The molecule has 0 spiro atoms. The monoisotopic (exact) mass is 1350 g/mol. The van der Waals surface area contributed by atoms with E-state index in [1.165, 1.54) is 38.1 Å². The number of Topliss-reactive ketones (excluding diaryl/α,β-unsaturated/α-hetero) is 1. The number of hydrogen-bond donors (Lipinski definition) is 16. The maximum Gasteiger partial charge on any atom is 0.305 e. The van der Waals surface area contributed by atoms with Crippen LogP contribution in [0, 0.1) is 11.8 Å². The Kier molecular flexibility index (Phi) is 31.6. The first-order chi connectivity index (χ1) is 46.2. The van der Waals surface area contributed by atoms with E-state index in [0.29, 0.717) is 30.4 Å². The van der Waals surface area contributed by atoms with Crippen LogP contribution in [-0.4, -0.2) is 177 Å². The molecule has 2 aliphatic carbocycles. The van der Waals surface area contributed by atoms with Crippen molar-refractivity contribution in [3.8, 4) is 5.75 Å². The molecule has 3 aromatic carbocycles. The molecule has 0 radical (unpaired) electrons. The predicted octanol–water partition coefficient (Wildman–Crippen LogP) is -0.397. The number of allylic oxidation sites excluding steroid dienone is 1. The van der Waals surface area contributed by atoms with Crippen molar-refractivity contribution in [2.75, 3.05) is 19.8 Å². The van der Waals surface area contributed by atoms with E-state index in [1.54, 1.807) is 51.1 Å². The van der Waals surface area contributed by atoms with Crippen LogP contribution in [0.3, 0.4) is 0 Å². The number of aliphatic carboxylic acids is 1. The zero-order valence-electron chi connectivity index (χ0n) is 55.5. The lowest BCUT2D eigenvalue weighted by Gasteiger charge is -2.30. The van der Waals surface area contributed by atoms with Gasteiger partial charge in [-0.1, -0.05) is 126 Å². The van der Waals surface area contributed by atoms with E-state index in [2.05, 4.69) is 58.2 Å². The average Bonchev–Trinajstić information content (AvgIpc) is 1.83. The van der Waals surface area contributed by atoms with E-state index in [1.807, 2.05) is 30.3 Å². The number of nitrogens with one attached hydrogen (secondary N) is 10. The molecule has 29 nitrogen and oxygen atoms in total. The molecule has 2 aliphatic rings. The number of fused-ring (bicyclic) bond motifs is 1. The van der Waals surface area contributed by atoms with Crippen molar-refractivity contribution >= 4 is 82.4 Å². The van der Waals surface area contributed by atoms with Gasteiger partial charge in [-0.3, -0.25) is 62.5 Å². The smallest absolute Gasteiger partial charge is 0.305 e. The largest absolute Gasteiger partial charge is 0.508 e. The van der Waals surface area contributed by atoms with Gasteiger partial charge in [0.2, 0.25) is 59.1 Å². The van der Waals surface area contributed by atoms with Crippen molar-refractivity contribution in [1.29, 1.82) is 0 Å². The van der Waals surface area contributed by atoms with Gasteiger partial charge in [0.1, 0.15) is 66.2 Å². The normalized spacial score (nSPS) is 15.8. The van der Waals surface area contributed by atoms with Gasteiger partial charge in [-0.15, -0.1) is 0 Å². The van der Waals surface area contributed by atoms with Crippen molar-refractivity contribution in [3.05, 3.63) is 107 Å². The average molecular weight is 1350 g/mol. The number of amides is 10. The van der Waals surface area contributed by atoms with Crippen LogP contribution >= 0.6 is 0 Å². The van der Waals surface area contributed by atoms with Gasteiger partial charge in [-0.05, 0) is 97.2 Å². The van der Waals surface area contributed by atoms with Crippen LogP contribution in [0.25, 0.3) is 5.57 Å². The number of guanidine groups is 1. The topological polar surface area (TPSA) is 470 Å². The van der Waals surface area contributed by atoms with E-state index in [9.17, 15) is 78.0 Å². The molecule has 0 heterocycles. The van der Waals surface area contributed by atoms with Crippen molar-refractivity contribution in [3.63, 3.8) is 0 Å². The molecule has 3 aromatic rings. The molecule has 1 unspecified atom stereocenters. The minimum absolute atomic E-state index is 0.00766. The number of aromatic hydroxyl groups is 1. The second-order valence-corrected chi connectivity index (χ2v) is 25.0. The number of aliphatic hydroxyl groups excluding tert-OH is 2. The van der Waals surface area contributed by atoms with Crippen molar-refractivity contribution in [1.82, 2.24) is 53.2 Å². The summed E-state index contributed by atoms with van der Waals surface area (Å²) in [5.41, 5.74) is 14.7. The Morgan fingerprint density at radius 2 is 0.990 bits per heavy atom. The maximum absolute atomic E-state index is 14.8. The molecule has 10 atom stereocenters. The molecule has 1 fully saturated rings. The molecule has 29 heteroatoms. The molecule has 10 amide bonds. The fraction of sp³-hybridized carbons (Fsp3) is 0.515. The molecule has 0 bridgehead atoms. The Morgan fingerprint density at radius 1 is 0.526 bits per heavy atom. The van der Waals surface area contributed by atoms with Gasteiger partial charge < -0.3 is 85.1 Å². The van der Waals surface area contributed by atoms with Crippen LogP contribution in [0.1, 0.15) is 134 Å². The number of hydrogen-bond acceptors (Lipinski definition) is 16. The number of phenolic OH excluding ortho intramolecular Hbond substituents is 1. The molecule has 97 heavy (non-hydrogen) atoms. The van der Waals surface area contributed by atoms with Gasteiger partial charge >= 0.3 is 5.97 Å². The second kappa shape index (κ2) is 39.3. The van der Waals surface area contributed by atoms with E-state index in [0.717, 1.165) is 36.0 Å². The fourth-order valence-electron chi connectivity index (χ4n) is 11.5. The number of phenols is 1. The van der Waals surface area contributed by atoms with Crippen LogP contribution in [-0.2, 0) is 76.8 Å². The van der Waals surface area contributed by atoms with Gasteiger partial charge in [0.05, 0.1) is 19.6 Å². The highest BCUT2D eigenvalue weighted by Gasteiger charge is 2.38. The third-order valence-corrected chi connectivity index (χ3v) is 16.7. The first kappa shape index (κ1) is 77.9. The number of carbonyl (C=O) groups excluding carboxylic acids is 11. The highest BCUT2D eigenvalue weighted by atomic mass is 16.4. The number of benzene rings is 3. The highest BCUT2D eigenvalue weighted by Crippen LogP contribution is 2.31. The molecule has 1 saturated carbocycles. The van der Waals surface area contributed by atoms with Gasteiger partial charge in [-0.25, -0.2) is 0 Å². The first-order valence-corrected chi connectivity index (χ1v) is 32.8. The van der Waals surface area contributed by atoms with Crippen molar-refractivity contribution in [2.24, 2.45) is 28.3 Å². The van der Waals surface area contributed by atoms with Crippen LogP contribution in [0.2, 0.25) is 0 Å². The molecule has 0 aromatic heterocycles. The lowest BCUT2D eigenvalue weighted by Crippen LogP contribution is -2.61. The van der Waals surface area contributed by atoms with Crippen molar-refractivity contribution < 1.29 is 78.0 Å². The molecular weight excluding hydrogens is 1250 g/mol. The summed E-state index contributed by atoms with van der Waals surface area (Å²) in [7, 11) is 0. The highest BCUT2D eigenvalue weighted by molar-refractivity contribution is 6.00. The van der Waals surface area contributed by atoms with Gasteiger partial charge in [-0.2, -0.15) is 0 Å². The lowest BCUT2D eigenvalue weighted by molar-refractivity contribution is -0.141. The summed E-state index contributed by atoms with van der Waals surface area (Å²) in [6, 6.07) is 6.89. The quantitative estimate of drug-likeness (QED) is 0.0196. The molecule has 0 aliphatic heterocycles. The number of nitrogens with zero attached hydrogens (tertiary/aromatic N) is 1.